The molecule has 4 aromatic rings. The molecule has 0 aliphatic rings. The molecule has 14 heteroatoms. The number of halogens is 1. The molecule has 4 rings (SSSR count). The van der Waals surface area contributed by atoms with Crippen molar-refractivity contribution in [1.82, 2.24) is 19.9 Å². The van der Waals surface area contributed by atoms with Crippen molar-refractivity contribution >= 4 is 44.9 Å². The first-order valence-electron chi connectivity index (χ1n) is 9.10. The van der Waals surface area contributed by atoms with E-state index in [1.54, 1.807) is 0 Å². The van der Waals surface area contributed by atoms with Crippen LogP contribution < -0.4 is 9.04 Å². The largest absolute Gasteiger partial charge is 0.464 e. The monoisotopic (exact) mass is 514 g/mol. The van der Waals surface area contributed by atoms with Gasteiger partial charge in [0.05, 0.1) is 22.2 Å². The number of hydrogen-bond acceptors (Lipinski definition) is 10. The minimum Gasteiger partial charge on any atom is -0.464 e. The van der Waals surface area contributed by atoms with E-state index in [2.05, 4.69) is 19.9 Å². The van der Waals surface area contributed by atoms with Gasteiger partial charge in [0.25, 0.3) is 10.0 Å². The summed E-state index contributed by atoms with van der Waals surface area (Å²) in [6.45, 7) is 0. The van der Waals surface area contributed by atoms with Gasteiger partial charge in [0.1, 0.15) is 23.3 Å². The van der Waals surface area contributed by atoms with Gasteiger partial charge in [-0.25, -0.2) is 33.1 Å². The predicted molar refractivity (Wildman–Crippen MR) is 121 cm³/mol. The molecule has 1 N–H and O–H groups in total. The van der Waals surface area contributed by atoms with E-state index in [-0.39, 0.29) is 32.3 Å². The van der Waals surface area contributed by atoms with Crippen molar-refractivity contribution in [3.8, 4) is 28.7 Å². The van der Waals surface area contributed by atoms with Crippen molar-refractivity contribution in [2.75, 3.05) is 4.31 Å². The molecule has 0 fully saturated rings. The smallest absolute Gasteiger partial charge is 0.427 e. The molecule has 0 aliphatic carbocycles. The van der Waals surface area contributed by atoms with Crippen molar-refractivity contribution in [1.29, 1.82) is 5.26 Å². The zero-order valence-corrected chi connectivity index (χ0v) is 19.1. The number of pyridine rings is 1. The maximum atomic E-state index is 13.0. The third-order valence-corrected chi connectivity index (χ3v) is 6.79. The van der Waals surface area contributed by atoms with Crippen molar-refractivity contribution in [3.05, 3.63) is 70.8 Å². The molecular formula is C20H11ClN6O5S2. The first kappa shape index (κ1) is 23.1. The Hall–Kier alpha value is -4.12. The van der Waals surface area contributed by atoms with Crippen LogP contribution in [-0.2, 0) is 10.0 Å². The number of carboxylic acid groups (broad SMARTS) is 1. The number of sulfonamides is 1. The standard InChI is InChI=1S/C20H11ClN6O5S2/c21-18-4-15(13-6-23-10-24-7-13)17(8-25-18)32-16-2-1-14(3-12(16)5-22)34(30,31)27(20(28)29)19-9-33-11-26-19/h1-4,6-11H,(H,28,29). The van der Waals surface area contributed by atoms with Crippen LogP contribution >= 0.6 is 22.9 Å². The van der Waals surface area contributed by atoms with Crippen molar-refractivity contribution in [2.45, 2.75) is 4.90 Å². The minimum absolute atomic E-state index is 0.0132. The molecule has 3 heterocycles. The van der Waals surface area contributed by atoms with E-state index in [1.807, 2.05) is 6.07 Å². The summed E-state index contributed by atoms with van der Waals surface area (Å²) in [4.78, 5) is 26.9. The molecule has 0 aliphatic heterocycles. The summed E-state index contributed by atoms with van der Waals surface area (Å²) < 4.78 is 32.0. The first-order chi connectivity index (χ1) is 16.3. The van der Waals surface area contributed by atoms with Gasteiger partial charge in [-0.3, -0.25) is 0 Å². The summed E-state index contributed by atoms with van der Waals surface area (Å²) >= 11 is 7.04. The molecule has 0 saturated carbocycles. The van der Waals surface area contributed by atoms with Gasteiger partial charge in [0.2, 0.25) is 0 Å². The highest BCUT2D eigenvalue weighted by Crippen LogP contribution is 2.36. The molecular weight excluding hydrogens is 504 g/mol. The molecule has 0 radical (unpaired) electrons. The lowest BCUT2D eigenvalue weighted by atomic mass is 10.1. The number of hydrogen-bond donors (Lipinski definition) is 1. The zero-order valence-electron chi connectivity index (χ0n) is 16.7. The normalized spacial score (nSPS) is 10.9. The van der Waals surface area contributed by atoms with E-state index in [1.165, 1.54) is 47.9 Å². The second-order valence-corrected chi connectivity index (χ2v) is 9.29. The predicted octanol–water partition coefficient (Wildman–Crippen LogP) is 4.19. The molecule has 0 bridgehead atoms. The summed E-state index contributed by atoms with van der Waals surface area (Å²) in [6.07, 6.45) is 4.01. The van der Waals surface area contributed by atoms with Crippen LogP contribution in [0, 0.1) is 11.3 Å². The van der Waals surface area contributed by atoms with Crippen molar-refractivity contribution in [3.63, 3.8) is 0 Å². The fraction of sp³-hybridized carbons (Fsp3) is 0. The molecule has 170 valence electrons. The summed E-state index contributed by atoms with van der Waals surface area (Å²) in [5, 5.41) is 20.6. The van der Waals surface area contributed by atoms with Gasteiger partial charge < -0.3 is 9.84 Å². The highest BCUT2D eigenvalue weighted by Gasteiger charge is 2.33. The third-order valence-electron chi connectivity index (χ3n) is 4.34. The van der Waals surface area contributed by atoms with E-state index >= 15 is 0 Å². The molecule has 1 aromatic carbocycles. The minimum atomic E-state index is -4.58. The first-order valence-corrected chi connectivity index (χ1v) is 11.9. The number of thiazole rings is 1. The number of nitrogens with zero attached hydrogens (tertiary/aromatic N) is 6. The number of benzene rings is 1. The van der Waals surface area contributed by atoms with Gasteiger partial charge in [-0.05, 0) is 24.3 Å². The Morgan fingerprint density at radius 2 is 1.91 bits per heavy atom. The third kappa shape index (κ3) is 4.50. The second-order valence-electron chi connectivity index (χ2n) is 6.40. The molecule has 34 heavy (non-hydrogen) atoms. The van der Waals surface area contributed by atoms with Crippen molar-refractivity contribution < 1.29 is 23.1 Å². The second kappa shape index (κ2) is 9.40. The maximum Gasteiger partial charge on any atom is 0.427 e. The Morgan fingerprint density at radius 1 is 1.15 bits per heavy atom. The van der Waals surface area contributed by atoms with Crippen LogP contribution in [0.4, 0.5) is 10.6 Å². The van der Waals surface area contributed by atoms with Gasteiger partial charge in [-0.1, -0.05) is 11.6 Å². The van der Waals surface area contributed by atoms with Crippen LogP contribution in [0.2, 0.25) is 5.15 Å². The Balaban J connectivity index is 1.74. The van der Waals surface area contributed by atoms with Crippen LogP contribution in [0.1, 0.15) is 5.56 Å². The number of ether oxygens (including phenoxy) is 1. The molecule has 11 nitrogen and oxygen atoms in total. The molecule has 0 unspecified atom stereocenters. The highest BCUT2D eigenvalue weighted by atomic mass is 35.5. The fourth-order valence-corrected chi connectivity index (χ4v) is 4.87. The summed E-state index contributed by atoms with van der Waals surface area (Å²) in [5.41, 5.74) is 2.20. The van der Waals surface area contributed by atoms with Crippen LogP contribution in [0.25, 0.3) is 11.1 Å². The topological polar surface area (TPSA) is 159 Å². The fourth-order valence-electron chi connectivity index (χ4n) is 2.86. The van der Waals surface area contributed by atoms with Crippen LogP contribution in [-0.4, -0.2) is 39.6 Å². The van der Waals surface area contributed by atoms with Crippen LogP contribution in [0.3, 0.4) is 0 Å². The summed E-state index contributed by atoms with van der Waals surface area (Å²) in [5.74, 6) is -0.0570. The zero-order chi connectivity index (χ0) is 24.3. The summed E-state index contributed by atoms with van der Waals surface area (Å²) in [6, 6.07) is 6.77. The number of aromatic nitrogens is 4. The Bertz CT molecular complexity index is 1510. The average Bonchev–Trinajstić information content (AvgIpc) is 3.34. The number of rotatable bonds is 6. The molecule has 0 atom stereocenters. The number of amides is 1. The lowest BCUT2D eigenvalue weighted by Gasteiger charge is -2.17. The quantitative estimate of drug-likeness (QED) is 0.369. The Morgan fingerprint density at radius 3 is 2.56 bits per heavy atom. The number of nitriles is 1. The molecule has 0 saturated heterocycles. The SMILES string of the molecule is N#Cc1cc(S(=O)(=O)N(C(=O)O)c2cscn2)ccc1Oc1cnc(Cl)cc1-c1cncnc1. The lowest BCUT2D eigenvalue weighted by molar-refractivity contribution is 0.206. The van der Waals surface area contributed by atoms with Gasteiger partial charge >= 0.3 is 6.09 Å². The lowest BCUT2D eigenvalue weighted by Crippen LogP contribution is -2.36. The van der Waals surface area contributed by atoms with Crippen LogP contribution in [0.5, 0.6) is 11.5 Å². The molecule has 0 spiro atoms. The summed E-state index contributed by atoms with van der Waals surface area (Å²) in [7, 11) is -4.58. The van der Waals surface area contributed by atoms with E-state index in [9.17, 15) is 23.6 Å². The van der Waals surface area contributed by atoms with Gasteiger partial charge in [-0.2, -0.15) is 5.26 Å². The Kier molecular flexibility index (Phi) is 6.37. The number of anilines is 1. The van der Waals surface area contributed by atoms with E-state index in [0.717, 1.165) is 23.5 Å². The van der Waals surface area contributed by atoms with E-state index in [0.29, 0.717) is 11.1 Å². The van der Waals surface area contributed by atoms with Crippen LogP contribution in [0.15, 0.2) is 65.0 Å². The number of carbonyl (C=O) groups is 1. The Labute approximate surface area is 201 Å². The van der Waals surface area contributed by atoms with Crippen molar-refractivity contribution in [2.24, 2.45) is 0 Å². The van der Waals surface area contributed by atoms with E-state index in [4.69, 9.17) is 16.3 Å². The average molecular weight is 515 g/mol. The van der Waals surface area contributed by atoms with Gasteiger partial charge in [0, 0.05) is 28.9 Å². The van der Waals surface area contributed by atoms with Gasteiger partial charge in [0.15, 0.2) is 11.6 Å². The van der Waals surface area contributed by atoms with Gasteiger partial charge in [-0.15, -0.1) is 15.6 Å². The van der Waals surface area contributed by atoms with E-state index < -0.39 is 21.0 Å². The highest BCUT2D eigenvalue weighted by molar-refractivity contribution is 7.93. The molecule has 3 aromatic heterocycles. The maximum absolute atomic E-state index is 13.0. The molecule has 1 amide bonds.